The first-order chi connectivity index (χ1) is 7.45. The van der Waals surface area contributed by atoms with Crippen LogP contribution in [0.1, 0.15) is 0 Å². The minimum atomic E-state index is 0.858. The molecule has 0 saturated carbocycles. The first kappa shape index (κ1) is 8.11. The molecule has 71 valence electrons. The first-order valence-corrected chi connectivity index (χ1v) is 4.57. The molecule has 0 unspecified atom stereocenters. The molecule has 0 atom stereocenters. The van der Waals surface area contributed by atoms with Crippen LogP contribution in [0.4, 0.5) is 0 Å². The van der Waals surface area contributed by atoms with Crippen molar-refractivity contribution in [3.8, 4) is 11.3 Å². The number of rotatable bonds is 1. The minimum Gasteiger partial charge on any atom is -0.346 e. The van der Waals surface area contributed by atoms with Gasteiger partial charge in [-0.1, -0.05) is 0 Å². The SMILES string of the molecule is [c]1nccc(-c2ccnc3[nH]ccc23)n1. The van der Waals surface area contributed by atoms with Crippen molar-refractivity contribution < 1.29 is 0 Å². The van der Waals surface area contributed by atoms with Crippen molar-refractivity contribution >= 4 is 11.0 Å². The molecule has 15 heavy (non-hydrogen) atoms. The van der Waals surface area contributed by atoms with E-state index >= 15 is 0 Å². The van der Waals surface area contributed by atoms with Crippen molar-refractivity contribution in [2.75, 3.05) is 0 Å². The third kappa shape index (κ3) is 1.27. The Kier molecular flexibility index (Phi) is 1.71. The normalized spacial score (nSPS) is 10.7. The zero-order valence-electron chi connectivity index (χ0n) is 7.81. The summed E-state index contributed by atoms with van der Waals surface area (Å²) in [7, 11) is 0. The average Bonchev–Trinajstić information content (AvgIpc) is 2.78. The monoisotopic (exact) mass is 195 g/mol. The molecule has 0 fully saturated rings. The fourth-order valence-electron chi connectivity index (χ4n) is 1.60. The number of aromatic nitrogens is 4. The van der Waals surface area contributed by atoms with Gasteiger partial charge in [-0.3, -0.25) is 0 Å². The van der Waals surface area contributed by atoms with Crippen molar-refractivity contribution in [1.29, 1.82) is 0 Å². The zero-order chi connectivity index (χ0) is 10.1. The molecular formula is C11H7N4. The summed E-state index contributed by atoms with van der Waals surface area (Å²) in [6.07, 6.45) is 7.89. The fraction of sp³-hybridized carbons (Fsp3) is 0. The lowest BCUT2D eigenvalue weighted by Crippen LogP contribution is -1.86. The van der Waals surface area contributed by atoms with Crippen LogP contribution in [0.25, 0.3) is 22.3 Å². The van der Waals surface area contributed by atoms with Gasteiger partial charge < -0.3 is 4.98 Å². The summed E-state index contributed by atoms with van der Waals surface area (Å²) >= 11 is 0. The van der Waals surface area contributed by atoms with E-state index in [0.29, 0.717) is 0 Å². The third-order valence-corrected chi connectivity index (χ3v) is 2.27. The highest BCUT2D eigenvalue weighted by atomic mass is 14.8. The number of H-pyrrole nitrogens is 1. The number of nitrogens with one attached hydrogen (secondary N) is 1. The van der Waals surface area contributed by atoms with Crippen LogP contribution in [-0.2, 0) is 0 Å². The molecule has 0 aliphatic heterocycles. The summed E-state index contributed by atoms with van der Waals surface area (Å²) in [4.78, 5) is 15.2. The molecule has 3 rings (SSSR count). The molecule has 0 aliphatic carbocycles. The van der Waals surface area contributed by atoms with E-state index in [-0.39, 0.29) is 0 Å². The van der Waals surface area contributed by atoms with Crippen LogP contribution in [-0.4, -0.2) is 19.9 Å². The van der Waals surface area contributed by atoms with Crippen LogP contribution < -0.4 is 0 Å². The molecule has 3 heterocycles. The fourth-order valence-corrected chi connectivity index (χ4v) is 1.60. The number of aromatic amines is 1. The summed E-state index contributed by atoms with van der Waals surface area (Å²) in [5, 5.41) is 1.06. The van der Waals surface area contributed by atoms with Gasteiger partial charge in [0.1, 0.15) is 5.65 Å². The Morgan fingerprint density at radius 1 is 1.13 bits per heavy atom. The predicted molar refractivity (Wildman–Crippen MR) is 56.0 cm³/mol. The van der Waals surface area contributed by atoms with Crippen molar-refractivity contribution in [3.05, 3.63) is 43.1 Å². The van der Waals surface area contributed by atoms with Crippen LogP contribution in [0.5, 0.6) is 0 Å². The van der Waals surface area contributed by atoms with Gasteiger partial charge in [0.25, 0.3) is 0 Å². The lowest BCUT2D eigenvalue weighted by atomic mass is 10.1. The van der Waals surface area contributed by atoms with Crippen molar-refractivity contribution in [2.45, 2.75) is 0 Å². The molecule has 0 aliphatic rings. The van der Waals surface area contributed by atoms with E-state index in [0.717, 1.165) is 22.3 Å². The second kappa shape index (κ2) is 3.16. The zero-order valence-corrected chi connectivity index (χ0v) is 7.81. The summed E-state index contributed by atoms with van der Waals surface area (Å²) in [6, 6.07) is 5.78. The summed E-state index contributed by atoms with van der Waals surface area (Å²) < 4.78 is 0. The average molecular weight is 195 g/mol. The molecule has 0 saturated heterocycles. The lowest BCUT2D eigenvalue weighted by molar-refractivity contribution is 1.15. The Morgan fingerprint density at radius 3 is 3.00 bits per heavy atom. The van der Waals surface area contributed by atoms with E-state index in [1.165, 1.54) is 0 Å². The Morgan fingerprint density at radius 2 is 2.13 bits per heavy atom. The standard InChI is InChI=1S/C11H7N4/c1-5-13-11-9(2-6-14-11)8(1)10-3-4-12-7-15-10/h1-6H,(H,13,14). The van der Waals surface area contributed by atoms with Gasteiger partial charge in [0, 0.05) is 29.5 Å². The molecule has 0 aromatic carbocycles. The molecule has 4 heteroatoms. The van der Waals surface area contributed by atoms with Gasteiger partial charge in [-0.15, -0.1) is 0 Å². The van der Waals surface area contributed by atoms with Gasteiger partial charge in [-0.25, -0.2) is 15.0 Å². The van der Waals surface area contributed by atoms with Crippen LogP contribution in [0.15, 0.2) is 36.8 Å². The summed E-state index contributed by atoms with van der Waals surface area (Å²) in [6.45, 7) is 0. The second-order valence-corrected chi connectivity index (χ2v) is 3.14. The van der Waals surface area contributed by atoms with Gasteiger partial charge in [-0.05, 0) is 18.2 Å². The van der Waals surface area contributed by atoms with E-state index in [1.807, 2.05) is 24.4 Å². The van der Waals surface area contributed by atoms with Crippen LogP contribution in [0.2, 0.25) is 0 Å². The second-order valence-electron chi connectivity index (χ2n) is 3.14. The molecule has 0 spiro atoms. The summed E-state index contributed by atoms with van der Waals surface area (Å²) in [5.74, 6) is 0. The highest BCUT2D eigenvalue weighted by molar-refractivity contribution is 5.91. The smallest absolute Gasteiger partial charge is 0.198 e. The Balaban J connectivity index is 2.31. The lowest BCUT2D eigenvalue weighted by Gasteiger charge is -2.00. The van der Waals surface area contributed by atoms with Crippen LogP contribution in [0.3, 0.4) is 0 Å². The Labute approximate surface area is 86.0 Å². The molecule has 1 radical (unpaired) electrons. The minimum absolute atomic E-state index is 0.858. The van der Waals surface area contributed by atoms with E-state index in [4.69, 9.17) is 0 Å². The maximum absolute atomic E-state index is 4.22. The molecule has 4 nitrogen and oxygen atoms in total. The highest BCUT2D eigenvalue weighted by Crippen LogP contribution is 2.24. The molecule has 3 aromatic rings. The molecular weight excluding hydrogens is 188 g/mol. The quantitative estimate of drug-likeness (QED) is 0.644. The van der Waals surface area contributed by atoms with Gasteiger partial charge >= 0.3 is 0 Å². The largest absolute Gasteiger partial charge is 0.346 e. The topological polar surface area (TPSA) is 54.5 Å². The van der Waals surface area contributed by atoms with E-state index < -0.39 is 0 Å². The van der Waals surface area contributed by atoms with E-state index in [2.05, 4.69) is 26.3 Å². The van der Waals surface area contributed by atoms with Crippen LogP contribution >= 0.6 is 0 Å². The highest BCUT2D eigenvalue weighted by Gasteiger charge is 2.05. The summed E-state index contributed by atoms with van der Waals surface area (Å²) in [5.41, 5.74) is 2.77. The molecule has 1 N–H and O–H groups in total. The number of hydrogen-bond acceptors (Lipinski definition) is 3. The third-order valence-electron chi connectivity index (χ3n) is 2.27. The van der Waals surface area contributed by atoms with Gasteiger partial charge in [0.05, 0.1) is 5.69 Å². The van der Waals surface area contributed by atoms with E-state index in [9.17, 15) is 0 Å². The maximum atomic E-state index is 4.22. The van der Waals surface area contributed by atoms with Crippen molar-refractivity contribution in [2.24, 2.45) is 0 Å². The molecule has 0 bridgehead atoms. The van der Waals surface area contributed by atoms with Gasteiger partial charge in [0.15, 0.2) is 6.33 Å². The van der Waals surface area contributed by atoms with Gasteiger partial charge in [-0.2, -0.15) is 0 Å². The Bertz CT molecular complexity index is 586. The molecule has 3 aromatic heterocycles. The molecule has 0 amide bonds. The Hall–Kier alpha value is -2.23. The number of pyridine rings is 1. The maximum Gasteiger partial charge on any atom is 0.198 e. The van der Waals surface area contributed by atoms with E-state index in [1.54, 1.807) is 12.4 Å². The number of hydrogen-bond donors (Lipinski definition) is 1. The number of fused-ring (bicyclic) bond motifs is 1. The predicted octanol–water partition coefficient (Wildman–Crippen LogP) is 1.82. The first-order valence-electron chi connectivity index (χ1n) is 4.57. The van der Waals surface area contributed by atoms with Gasteiger partial charge in [0.2, 0.25) is 0 Å². The van der Waals surface area contributed by atoms with Crippen molar-refractivity contribution in [3.63, 3.8) is 0 Å². The van der Waals surface area contributed by atoms with Crippen LogP contribution in [0, 0.1) is 6.33 Å². The van der Waals surface area contributed by atoms with Crippen molar-refractivity contribution in [1.82, 2.24) is 19.9 Å². The number of nitrogens with zero attached hydrogens (tertiary/aromatic N) is 3.